The van der Waals surface area contributed by atoms with E-state index in [2.05, 4.69) is 11.4 Å². The Balaban J connectivity index is 2.46. The van der Waals surface area contributed by atoms with Crippen molar-refractivity contribution in [2.45, 2.75) is 27.4 Å². The van der Waals surface area contributed by atoms with Gasteiger partial charge in [0.2, 0.25) is 0 Å². The van der Waals surface area contributed by atoms with Crippen LogP contribution in [0.15, 0.2) is 29.4 Å². The first-order chi connectivity index (χ1) is 7.51. The first kappa shape index (κ1) is 12.6. The van der Waals surface area contributed by atoms with Crippen molar-refractivity contribution in [2.24, 2.45) is 10.6 Å². The highest BCUT2D eigenvalue weighted by Crippen LogP contribution is 2.13. The number of nitrogens with zero attached hydrogens (tertiary/aromatic N) is 1. The molecule has 0 aliphatic carbocycles. The first-order valence-corrected chi connectivity index (χ1v) is 5.23. The monoisotopic (exact) mass is 220 g/mol. The average Bonchev–Trinajstić information content (AvgIpc) is 2.23. The summed E-state index contributed by atoms with van der Waals surface area (Å²) in [4.78, 5) is 5.15. The Bertz CT molecular complexity index is 353. The number of hydrogen-bond acceptors (Lipinski definition) is 3. The van der Waals surface area contributed by atoms with Gasteiger partial charge in [0.1, 0.15) is 18.6 Å². The smallest absolute Gasteiger partial charge is 0.142 e. The summed E-state index contributed by atoms with van der Waals surface area (Å²) in [5, 5.41) is 3.80. The van der Waals surface area contributed by atoms with Crippen molar-refractivity contribution in [2.75, 3.05) is 7.11 Å². The minimum Gasteiger partial charge on any atom is -0.497 e. The Morgan fingerprint density at radius 3 is 2.69 bits per heavy atom. The van der Waals surface area contributed by atoms with Gasteiger partial charge in [-0.15, -0.1) is 0 Å². The summed E-state index contributed by atoms with van der Waals surface area (Å²) < 4.78 is 5.11. The van der Waals surface area contributed by atoms with Crippen molar-refractivity contribution in [3.8, 4) is 5.75 Å². The summed E-state index contributed by atoms with van der Waals surface area (Å²) in [7, 11) is 1.64. The van der Waals surface area contributed by atoms with Crippen molar-refractivity contribution < 1.29 is 9.57 Å². The molecule has 0 amide bonds. The third-order valence-corrected chi connectivity index (χ3v) is 1.81. The van der Waals surface area contributed by atoms with Crippen molar-refractivity contribution in [3.63, 3.8) is 0 Å². The highest BCUT2D eigenvalue weighted by molar-refractivity contribution is 5.63. The topological polar surface area (TPSA) is 30.8 Å². The molecule has 0 saturated carbocycles. The van der Waals surface area contributed by atoms with E-state index in [1.54, 1.807) is 7.11 Å². The SMILES string of the molecule is COc1cccc(CO/N=[C]\C(C)(C)C)c1. The first-order valence-electron chi connectivity index (χ1n) is 5.23. The molecule has 0 saturated heterocycles. The van der Waals surface area contributed by atoms with Crippen LogP contribution in [0.2, 0.25) is 0 Å². The van der Waals surface area contributed by atoms with E-state index in [0.29, 0.717) is 6.61 Å². The normalized spacial score (nSPS) is 11.8. The minimum absolute atomic E-state index is 0.0750. The molecule has 0 spiro atoms. The van der Waals surface area contributed by atoms with Gasteiger partial charge in [-0.1, -0.05) is 38.1 Å². The Hall–Kier alpha value is -1.51. The van der Waals surface area contributed by atoms with Crippen LogP contribution in [-0.4, -0.2) is 13.3 Å². The van der Waals surface area contributed by atoms with Crippen LogP contribution in [0.5, 0.6) is 5.75 Å². The Morgan fingerprint density at radius 2 is 2.06 bits per heavy atom. The number of ether oxygens (including phenoxy) is 1. The van der Waals surface area contributed by atoms with Gasteiger partial charge in [-0.2, -0.15) is 0 Å². The molecule has 87 valence electrons. The molecule has 1 rings (SSSR count). The van der Waals surface area contributed by atoms with E-state index in [-0.39, 0.29) is 5.41 Å². The lowest BCUT2D eigenvalue weighted by Gasteiger charge is -2.08. The van der Waals surface area contributed by atoms with E-state index < -0.39 is 0 Å². The van der Waals surface area contributed by atoms with E-state index in [1.807, 2.05) is 45.0 Å². The Kier molecular flexibility index (Phi) is 4.35. The molecule has 0 fully saturated rings. The van der Waals surface area contributed by atoms with E-state index in [9.17, 15) is 0 Å². The van der Waals surface area contributed by atoms with Gasteiger partial charge >= 0.3 is 0 Å². The lowest BCUT2D eigenvalue weighted by molar-refractivity contribution is 0.129. The predicted octanol–water partition coefficient (Wildman–Crippen LogP) is 3.12. The van der Waals surface area contributed by atoms with Gasteiger partial charge in [-0.25, -0.2) is 0 Å². The minimum atomic E-state index is -0.0750. The van der Waals surface area contributed by atoms with Crippen molar-refractivity contribution in [1.29, 1.82) is 0 Å². The van der Waals surface area contributed by atoms with Crippen LogP contribution in [0.1, 0.15) is 26.3 Å². The maximum absolute atomic E-state index is 5.15. The van der Waals surface area contributed by atoms with E-state index in [1.165, 1.54) is 0 Å². The van der Waals surface area contributed by atoms with Crippen LogP contribution in [0.25, 0.3) is 0 Å². The maximum Gasteiger partial charge on any atom is 0.142 e. The number of benzene rings is 1. The van der Waals surface area contributed by atoms with Crippen LogP contribution >= 0.6 is 0 Å². The average molecular weight is 220 g/mol. The molecule has 1 aromatic rings. The van der Waals surface area contributed by atoms with Crippen molar-refractivity contribution in [3.05, 3.63) is 29.8 Å². The summed E-state index contributed by atoms with van der Waals surface area (Å²) in [6.45, 7) is 6.49. The number of hydrogen-bond donors (Lipinski definition) is 0. The molecule has 3 nitrogen and oxygen atoms in total. The molecule has 0 unspecified atom stereocenters. The van der Waals surface area contributed by atoms with E-state index in [4.69, 9.17) is 9.57 Å². The molecule has 3 heteroatoms. The molecule has 0 bridgehead atoms. The second kappa shape index (κ2) is 5.54. The van der Waals surface area contributed by atoms with Gasteiger partial charge in [0.25, 0.3) is 0 Å². The lowest BCUT2D eigenvalue weighted by Crippen LogP contribution is -2.06. The highest BCUT2D eigenvalue weighted by atomic mass is 16.6. The van der Waals surface area contributed by atoms with Crippen LogP contribution in [0, 0.1) is 5.41 Å². The van der Waals surface area contributed by atoms with Crippen LogP contribution < -0.4 is 4.74 Å². The standard InChI is InChI=1S/C13H18NO2/c1-13(2,3)10-14-16-9-11-6-5-7-12(8-11)15-4/h5-8H,9H2,1-4H3. The lowest BCUT2D eigenvalue weighted by atomic mass is 10.00. The quantitative estimate of drug-likeness (QED) is 0.576. The summed E-state index contributed by atoms with van der Waals surface area (Å²) >= 11 is 0. The molecule has 0 heterocycles. The van der Waals surface area contributed by atoms with E-state index >= 15 is 0 Å². The molecule has 0 aliphatic heterocycles. The zero-order chi connectivity index (χ0) is 12.0. The van der Waals surface area contributed by atoms with E-state index in [0.717, 1.165) is 11.3 Å². The molecule has 16 heavy (non-hydrogen) atoms. The second-order valence-corrected chi connectivity index (χ2v) is 4.58. The molecule has 1 aromatic carbocycles. The molecule has 0 aromatic heterocycles. The molecule has 1 radical (unpaired) electrons. The highest BCUT2D eigenvalue weighted by Gasteiger charge is 2.06. The van der Waals surface area contributed by atoms with Crippen LogP contribution in [0.3, 0.4) is 0 Å². The fourth-order valence-electron chi connectivity index (χ4n) is 1.04. The molecular weight excluding hydrogens is 202 g/mol. The van der Waals surface area contributed by atoms with Gasteiger partial charge in [-0.05, 0) is 17.7 Å². The van der Waals surface area contributed by atoms with Crippen LogP contribution in [0.4, 0.5) is 0 Å². The van der Waals surface area contributed by atoms with Gasteiger partial charge in [0.05, 0.1) is 7.11 Å². The van der Waals surface area contributed by atoms with Crippen molar-refractivity contribution in [1.82, 2.24) is 0 Å². The predicted molar refractivity (Wildman–Crippen MR) is 64.7 cm³/mol. The van der Waals surface area contributed by atoms with Gasteiger partial charge in [-0.3, -0.25) is 0 Å². The zero-order valence-electron chi connectivity index (χ0n) is 10.3. The summed E-state index contributed by atoms with van der Waals surface area (Å²) in [5.41, 5.74) is 0.952. The number of methoxy groups -OCH3 is 1. The largest absolute Gasteiger partial charge is 0.497 e. The number of rotatable bonds is 4. The molecule has 0 N–H and O–H groups in total. The molecular formula is C13H18NO2. The van der Waals surface area contributed by atoms with Gasteiger partial charge in [0.15, 0.2) is 0 Å². The summed E-state index contributed by atoms with van der Waals surface area (Å²) in [6.07, 6.45) is 2.89. The third kappa shape index (κ3) is 4.82. The summed E-state index contributed by atoms with van der Waals surface area (Å²) in [5.74, 6) is 0.824. The molecule has 0 aliphatic rings. The van der Waals surface area contributed by atoms with Crippen molar-refractivity contribution >= 4 is 6.21 Å². The third-order valence-electron chi connectivity index (χ3n) is 1.81. The van der Waals surface area contributed by atoms with Crippen LogP contribution in [-0.2, 0) is 11.4 Å². The molecule has 0 atom stereocenters. The Morgan fingerprint density at radius 1 is 1.31 bits per heavy atom. The fourth-order valence-corrected chi connectivity index (χ4v) is 1.04. The zero-order valence-corrected chi connectivity index (χ0v) is 10.3. The maximum atomic E-state index is 5.15. The fraction of sp³-hybridized carbons (Fsp3) is 0.462. The van der Waals surface area contributed by atoms with Gasteiger partial charge < -0.3 is 9.57 Å². The van der Waals surface area contributed by atoms with Gasteiger partial charge in [0, 0.05) is 5.41 Å². The second-order valence-electron chi connectivity index (χ2n) is 4.58. The Labute approximate surface area is 97.1 Å². The summed E-state index contributed by atoms with van der Waals surface area (Å²) in [6, 6.07) is 7.71.